The molecule has 0 saturated carbocycles. The standard InChI is InChI=1S/C12H12N2OS/c1-8-4-9(6-13-5-8)12-14-10-2-3-15-7-11(10)16-12/h4-6H,2-3,7H2,1H3. The highest BCUT2D eigenvalue weighted by molar-refractivity contribution is 7.15. The lowest BCUT2D eigenvalue weighted by Crippen LogP contribution is -2.07. The first-order valence-electron chi connectivity index (χ1n) is 5.31. The van der Waals surface area contributed by atoms with Gasteiger partial charge in [0, 0.05) is 24.4 Å². The highest BCUT2D eigenvalue weighted by Crippen LogP contribution is 2.30. The SMILES string of the molecule is Cc1cncc(-c2nc3c(s2)COCC3)c1. The van der Waals surface area contributed by atoms with Gasteiger partial charge in [-0.1, -0.05) is 0 Å². The highest BCUT2D eigenvalue weighted by atomic mass is 32.1. The lowest BCUT2D eigenvalue weighted by Gasteiger charge is -2.08. The Bertz CT molecular complexity index is 498. The maximum Gasteiger partial charge on any atom is 0.125 e. The summed E-state index contributed by atoms with van der Waals surface area (Å²) in [5.41, 5.74) is 3.48. The molecule has 1 aliphatic rings. The number of hydrogen-bond donors (Lipinski definition) is 0. The summed E-state index contributed by atoms with van der Waals surface area (Å²) in [6.07, 6.45) is 4.67. The van der Waals surface area contributed by atoms with Crippen LogP contribution in [0.4, 0.5) is 0 Å². The van der Waals surface area contributed by atoms with Crippen LogP contribution in [0.2, 0.25) is 0 Å². The van der Waals surface area contributed by atoms with E-state index in [-0.39, 0.29) is 0 Å². The Balaban J connectivity index is 2.03. The van der Waals surface area contributed by atoms with Crippen molar-refractivity contribution in [3.8, 4) is 10.6 Å². The summed E-state index contributed by atoms with van der Waals surface area (Å²) in [6.45, 7) is 3.56. The van der Waals surface area contributed by atoms with Crippen molar-refractivity contribution >= 4 is 11.3 Å². The van der Waals surface area contributed by atoms with Crippen molar-refractivity contribution in [3.05, 3.63) is 34.6 Å². The molecule has 3 heterocycles. The van der Waals surface area contributed by atoms with Crippen molar-refractivity contribution in [1.29, 1.82) is 0 Å². The van der Waals surface area contributed by atoms with Crippen molar-refractivity contribution < 1.29 is 4.74 Å². The summed E-state index contributed by atoms with van der Waals surface area (Å²) in [7, 11) is 0. The largest absolute Gasteiger partial charge is 0.375 e. The molecule has 16 heavy (non-hydrogen) atoms. The fourth-order valence-corrected chi connectivity index (χ4v) is 2.85. The zero-order valence-electron chi connectivity index (χ0n) is 9.06. The molecule has 2 aromatic heterocycles. The Labute approximate surface area is 98.1 Å². The van der Waals surface area contributed by atoms with Crippen LogP contribution in [0.15, 0.2) is 18.5 Å². The van der Waals surface area contributed by atoms with Gasteiger partial charge in [0.2, 0.25) is 0 Å². The van der Waals surface area contributed by atoms with Crippen LogP contribution in [-0.4, -0.2) is 16.6 Å². The molecule has 0 unspecified atom stereocenters. The van der Waals surface area contributed by atoms with Gasteiger partial charge in [-0.3, -0.25) is 4.98 Å². The van der Waals surface area contributed by atoms with Crippen molar-refractivity contribution in [2.75, 3.05) is 6.61 Å². The van der Waals surface area contributed by atoms with E-state index in [2.05, 4.69) is 16.0 Å². The fraction of sp³-hybridized carbons (Fsp3) is 0.333. The monoisotopic (exact) mass is 232 g/mol. The third-order valence-electron chi connectivity index (χ3n) is 2.62. The average molecular weight is 232 g/mol. The quantitative estimate of drug-likeness (QED) is 0.758. The van der Waals surface area contributed by atoms with Gasteiger partial charge in [0.15, 0.2) is 0 Å². The molecule has 0 N–H and O–H groups in total. The maximum atomic E-state index is 5.42. The predicted molar refractivity (Wildman–Crippen MR) is 63.4 cm³/mol. The molecule has 0 aromatic carbocycles. The Morgan fingerprint density at radius 1 is 1.38 bits per heavy atom. The predicted octanol–water partition coefficient (Wildman–Crippen LogP) is 2.59. The third kappa shape index (κ3) is 1.74. The first-order valence-corrected chi connectivity index (χ1v) is 6.13. The fourth-order valence-electron chi connectivity index (χ4n) is 1.82. The Morgan fingerprint density at radius 3 is 3.12 bits per heavy atom. The van der Waals surface area contributed by atoms with Gasteiger partial charge in [0.25, 0.3) is 0 Å². The normalized spacial score (nSPS) is 14.8. The molecule has 0 radical (unpaired) electrons. The summed E-state index contributed by atoms with van der Waals surface area (Å²) in [6, 6.07) is 2.12. The van der Waals surface area contributed by atoms with E-state index in [1.54, 1.807) is 11.3 Å². The molecule has 0 fully saturated rings. The Kier molecular flexibility index (Phi) is 2.46. The van der Waals surface area contributed by atoms with Crippen molar-refractivity contribution in [2.24, 2.45) is 0 Å². The number of hydrogen-bond acceptors (Lipinski definition) is 4. The van der Waals surface area contributed by atoms with E-state index in [9.17, 15) is 0 Å². The molecule has 0 amide bonds. The number of thiazole rings is 1. The maximum absolute atomic E-state index is 5.42. The van der Waals surface area contributed by atoms with E-state index in [0.29, 0.717) is 6.61 Å². The zero-order valence-corrected chi connectivity index (χ0v) is 9.88. The molecule has 3 rings (SSSR count). The van der Waals surface area contributed by atoms with Crippen LogP contribution in [0.1, 0.15) is 16.1 Å². The van der Waals surface area contributed by atoms with Gasteiger partial charge in [0.05, 0.1) is 23.8 Å². The summed E-state index contributed by atoms with van der Waals surface area (Å²) < 4.78 is 5.42. The molecular formula is C12H12N2OS. The van der Waals surface area contributed by atoms with E-state index in [0.717, 1.165) is 23.6 Å². The molecule has 1 aliphatic heterocycles. The highest BCUT2D eigenvalue weighted by Gasteiger charge is 2.16. The second kappa shape index (κ2) is 3.96. The molecule has 0 bridgehead atoms. The minimum Gasteiger partial charge on any atom is -0.375 e. The third-order valence-corrected chi connectivity index (χ3v) is 3.74. The molecule has 0 saturated heterocycles. The molecule has 0 aliphatic carbocycles. The van der Waals surface area contributed by atoms with E-state index in [1.165, 1.54) is 16.1 Å². The summed E-state index contributed by atoms with van der Waals surface area (Å²) in [4.78, 5) is 10.1. The van der Waals surface area contributed by atoms with Gasteiger partial charge in [-0.05, 0) is 18.6 Å². The number of rotatable bonds is 1. The van der Waals surface area contributed by atoms with Crippen LogP contribution in [0, 0.1) is 6.92 Å². The first kappa shape index (κ1) is 9.93. The number of aryl methyl sites for hydroxylation is 1. The second-order valence-corrected chi connectivity index (χ2v) is 5.03. The van der Waals surface area contributed by atoms with E-state index >= 15 is 0 Å². The minimum atomic E-state index is 0.715. The summed E-state index contributed by atoms with van der Waals surface area (Å²) >= 11 is 1.72. The lowest BCUT2D eigenvalue weighted by atomic mass is 10.2. The molecule has 0 spiro atoms. The molecule has 0 atom stereocenters. The van der Waals surface area contributed by atoms with Crippen molar-refractivity contribution in [3.63, 3.8) is 0 Å². The summed E-state index contributed by atoms with van der Waals surface area (Å²) in [5, 5.41) is 1.06. The van der Waals surface area contributed by atoms with E-state index < -0.39 is 0 Å². The van der Waals surface area contributed by atoms with E-state index in [4.69, 9.17) is 4.74 Å². The van der Waals surface area contributed by atoms with Gasteiger partial charge in [-0.25, -0.2) is 4.98 Å². The lowest BCUT2D eigenvalue weighted by molar-refractivity contribution is 0.112. The van der Waals surface area contributed by atoms with Crippen molar-refractivity contribution in [1.82, 2.24) is 9.97 Å². The molecule has 2 aromatic rings. The smallest absolute Gasteiger partial charge is 0.125 e. The zero-order chi connectivity index (χ0) is 11.0. The van der Waals surface area contributed by atoms with Gasteiger partial charge < -0.3 is 4.74 Å². The van der Waals surface area contributed by atoms with Crippen molar-refractivity contribution in [2.45, 2.75) is 20.0 Å². The first-order chi connectivity index (χ1) is 7.83. The Hall–Kier alpha value is -1.26. The van der Waals surface area contributed by atoms with Crippen LogP contribution in [0.5, 0.6) is 0 Å². The van der Waals surface area contributed by atoms with E-state index in [1.807, 2.05) is 19.3 Å². The van der Waals surface area contributed by atoms with Gasteiger partial charge in [-0.15, -0.1) is 11.3 Å². The number of pyridine rings is 1. The number of fused-ring (bicyclic) bond motifs is 1. The number of ether oxygens (including phenoxy) is 1. The minimum absolute atomic E-state index is 0.715. The van der Waals surface area contributed by atoms with Crippen LogP contribution >= 0.6 is 11.3 Å². The second-order valence-electron chi connectivity index (χ2n) is 3.94. The van der Waals surface area contributed by atoms with Crippen LogP contribution in [0.3, 0.4) is 0 Å². The molecule has 82 valence electrons. The summed E-state index contributed by atoms with van der Waals surface area (Å²) in [5.74, 6) is 0. The topological polar surface area (TPSA) is 35.0 Å². The van der Waals surface area contributed by atoms with Gasteiger partial charge in [0.1, 0.15) is 5.01 Å². The van der Waals surface area contributed by atoms with Crippen LogP contribution in [0.25, 0.3) is 10.6 Å². The number of aromatic nitrogens is 2. The molecule has 3 nitrogen and oxygen atoms in total. The number of nitrogens with zero attached hydrogens (tertiary/aromatic N) is 2. The average Bonchev–Trinajstić information content (AvgIpc) is 2.72. The molecule has 4 heteroatoms. The Morgan fingerprint density at radius 2 is 2.31 bits per heavy atom. The molecular weight excluding hydrogens is 220 g/mol. The van der Waals surface area contributed by atoms with Crippen LogP contribution in [-0.2, 0) is 17.8 Å². The van der Waals surface area contributed by atoms with Gasteiger partial charge >= 0.3 is 0 Å². The van der Waals surface area contributed by atoms with Gasteiger partial charge in [-0.2, -0.15) is 0 Å². The van der Waals surface area contributed by atoms with Crippen LogP contribution < -0.4 is 0 Å².